The SMILES string of the molecule is CC1(C(=O)O)N=Nc2ccccc2N1. The number of carbonyl (C=O) groups is 1. The molecule has 0 fully saturated rings. The van der Waals surface area contributed by atoms with Crippen LogP contribution in [0.3, 0.4) is 0 Å². The van der Waals surface area contributed by atoms with Crippen molar-refractivity contribution < 1.29 is 9.90 Å². The van der Waals surface area contributed by atoms with Gasteiger partial charge in [0.2, 0.25) is 5.66 Å². The Morgan fingerprint density at radius 2 is 2.21 bits per heavy atom. The standard InChI is InChI=1S/C9H9N3O2/c1-9(8(13)14)10-6-4-2-3-5-7(6)11-12-9/h2-5,10H,1H3,(H,13,14). The highest BCUT2D eigenvalue weighted by atomic mass is 16.4. The lowest BCUT2D eigenvalue weighted by Crippen LogP contribution is -2.42. The van der Waals surface area contributed by atoms with Crippen molar-refractivity contribution in [2.24, 2.45) is 10.2 Å². The first kappa shape index (κ1) is 8.68. The number of rotatable bonds is 1. The summed E-state index contributed by atoms with van der Waals surface area (Å²) < 4.78 is 0. The number of hydrogen-bond acceptors (Lipinski definition) is 4. The average molecular weight is 191 g/mol. The van der Waals surface area contributed by atoms with E-state index < -0.39 is 11.6 Å². The van der Waals surface area contributed by atoms with Gasteiger partial charge in [-0.2, -0.15) is 5.11 Å². The van der Waals surface area contributed by atoms with Crippen LogP contribution in [0.5, 0.6) is 0 Å². The largest absolute Gasteiger partial charge is 0.478 e. The predicted molar refractivity (Wildman–Crippen MR) is 50.6 cm³/mol. The number of azo groups is 1. The number of fused-ring (bicyclic) bond motifs is 1. The van der Waals surface area contributed by atoms with Crippen LogP contribution in [0, 0.1) is 0 Å². The van der Waals surface area contributed by atoms with Gasteiger partial charge in [-0.15, -0.1) is 5.11 Å². The van der Waals surface area contributed by atoms with Crippen LogP contribution in [0.15, 0.2) is 34.5 Å². The monoisotopic (exact) mass is 191 g/mol. The molecule has 72 valence electrons. The van der Waals surface area contributed by atoms with Crippen molar-refractivity contribution in [3.63, 3.8) is 0 Å². The van der Waals surface area contributed by atoms with Gasteiger partial charge >= 0.3 is 5.97 Å². The fourth-order valence-corrected chi connectivity index (χ4v) is 1.20. The highest BCUT2D eigenvalue weighted by Crippen LogP contribution is 2.33. The second-order valence-corrected chi connectivity index (χ2v) is 3.22. The van der Waals surface area contributed by atoms with E-state index in [4.69, 9.17) is 5.11 Å². The molecular weight excluding hydrogens is 182 g/mol. The highest BCUT2D eigenvalue weighted by molar-refractivity contribution is 5.84. The summed E-state index contributed by atoms with van der Waals surface area (Å²) in [5.74, 6) is -1.05. The van der Waals surface area contributed by atoms with Gasteiger partial charge in [0.1, 0.15) is 5.69 Å². The van der Waals surface area contributed by atoms with Crippen LogP contribution in [-0.4, -0.2) is 16.7 Å². The summed E-state index contributed by atoms with van der Waals surface area (Å²) >= 11 is 0. The smallest absolute Gasteiger partial charge is 0.353 e. The molecule has 2 N–H and O–H groups in total. The molecule has 0 saturated heterocycles. The molecule has 0 spiro atoms. The number of carboxylic acids is 1. The van der Waals surface area contributed by atoms with Crippen LogP contribution in [0.25, 0.3) is 0 Å². The Bertz CT molecular complexity index is 416. The van der Waals surface area contributed by atoms with Crippen molar-refractivity contribution in [3.8, 4) is 0 Å². The first-order valence-corrected chi connectivity index (χ1v) is 4.15. The summed E-state index contributed by atoms with van der Waals surface area (Å²) in [7, 11) is 0. The zero-order valence-electron chi connectivity index (χ0n) is 7.56. The van der Waals surface area contributed by atoms with E-state index in [-0.39, 0.29) is 0 Å². The molecule has 0 aromatic heterocycles. The number of nitrogens with zero attached hydrogens (tertiary/aromatic N) is 2. The quantitative estimate of drug-likeness (QED) is 0.712. The third-order valence-electron chi connectivity index (χ3n) is 2.06. The molecule has 5 nitrogen and oxygen atoms in total. The zero-order valence-corrected chi connectivity index (χ0v) is 7.56. The summed E-state index contributed by atoms with van der Waals surface area (Å²) in [4.78, 5) is 10.9. The average Bonchev–Trinajstić information content (AvgIpc) is 2.17. The Kier molecular flexibility index (Phi) is 1.73. The first-order chi connectivity index (χ1) is 6.62. The number of benzene rings is 1. The minimum atomic E-state index is -1.35. The molecule has 1 aromatic rings. The Labute approximate surface area is 80.5 Å². The summed E-state index contributed by atoms with van der Waals surface area (Å²) in [6.45, 7) is 1.47. The summed E-state index contributed by atoms with van der Waals surface area (Å²) in [6, 6.07) is 7.18. The molecule has 0 radical (unpaired) electrons. The maximum atomic E-state index is 10.9. The summed E-state index contributed by atoms with van der Waals surface area (Å²) in [5.41, 5.74) is -0.00687. The molecule has 14 heavy (non-hydrogen) atoms. The second-order valence-electron chi connectivity index (χ2n) is 3.22. The van der Waals surface area contributed by atoms with Crippen molar-refractivity contribution in [3.05, 3.63) is 24.3 Å². The molecule has 1 aliphatic rings. The topological polar surface area (TPSA) is 74.0 Å². The Hall–Kier alpha value is -1.91. The lowest BCUT2D eigenvalue weighted by atomic mass is 10.1. The van der Waals surface area contributed by atoms with Gasteiger partial charge in [0.25, 0.3) is 0 Å². The lowest BCUT2D eigenvalue weighted by Gasteiger charge is -2.25. The number of carboxylic acid groups (broad SMARTS) is 1. The van der Waals surface area contributed by atoms with Gasteiger partial charge in [-0.25, -0.2) is 4.79 Å². The van der Waals surface area contributed by atoms with Gasteiger partial charge in [0, 0.05) is 0 Å². The van der Waals surface area contributed by atoms with Crippen molar-refractivity contribution >= 4 is 17.3 Å². The molecule has 1 aromatic carbocycles. The number of aliphatic carboxylic acids is 1. The molecule has 2 rings (SSSR count). The van der Waals surface area contributed by atoms with Gasteiger partial charge in [0.05, 0.1) is 5.69 Å². The second kappa shape index (κ2) is 2.80. The van der Waals surface area contributed by atoms with Gasteiger partial charge in [-0.3, -0.25) is 0 Å². The first-order valence-electron chi connectivity index (χ1n) is 4.15. The number of nitrogens with one attached hydrogen (secondary N) is 1. The molecule has 5 heteroatoms. The van der Waals surface area contributed by atoms with E-state index in [1.807, 2.05) is 12.1 Å². The van der Waals surface area contributed by atoms with Gasteiger partial charge in [-0.1, -0.05) is 12.1 Å². The summed E-state index contributed by atoms with van der Waals surface area (Å²) in [5, 5.41) is 19.3. The minimum Gasteiger partial charge on any atom is -0.478 e. The van der Waals surface area contributed by atoms with E-state index >= 15 is 0 Å². The van der Waals surface area contributed by atoms with Crippen LogP contribution in [0.4, 0.5) is 11.4 Å². The van der Waals surface area contributed by atoms with Crippen molar-refractivity contribution in [1.29, 1.82) is 0 Å². The Morgan fingerprint density at radius 1 is 1.50 bits per heavy atom. The third-order valence-corrected chi connectivity index (χ3v) is 2.06. The van der Waals surface area contributed by atoms with Crippen LogP contribution in [0.1, 0.15) is 6.92 Å². The number of hydrogen-bond donors (Lipinski definition) is 2. The van der Waals surface area contributed by atoms with E-state index in [1.165, 1.54) is 6.92 Å². The highest BCUT2D eigenvalue weighted by Gasteiger charge is 2.35. The van der Waals surface area contributed by atoms with Crippen molar-refractivity contribution in [2.45, 2.75) is 12.6 Å². The van der Waals surface area contributed by atoms with E-state index in [0.29, 0.717) is 11.4 Å². The molecule has 1 aliphatic heterocycles. The Balaban J connectivity index is 2.43. The molecule has 0 bridgehead atoms. The third kappa shape index (κ3) is 1.22. The maximum Gasteiger partial charge on any atom is 0.353 e. The minimum absolute atomic E-state index is 0.659. The molecule has 1 atom stereocenters. The molecule has 0 amide bonds. The van der Waals surface area contributed by atoms with Gasteiger partial charge in [-0.05, 0) is 19.1 Å². The maximum absolute atomic E-state index is 10.9. The van der Waals surface area contributed by atoms with Crippen molar-refractivity contribution in [1.82, 2.24) is 0 Å². The lowest BCUT2D eigenvalue weighted by molar-refractivity contribution is -0.141. The molecule has 0 saturated carbocycles. The van der Waals surface area contributed by atoms with Crippen LogP contribution in [-0.2, 0) is 4.79 Å². The molecule has 1 heterocycles. The van der Waals surface area contributed by atoms with Crippen LogP contribution < -0.4 is 5.32 Å². The predicted octanol–water partition coefficient (Wildman–Crippen LogP) is 2.00. The van der Waals surface area contributed by atoms with E-state index in [0.717, 1.165) is 0 Å². The van der Waals surface area contributed by atoms with Crippen LogP contribution in [0.2, 0.25) is 0 Å². The van der Waals surface area contributed by atoms with E-state index in [1.54, 1.807) is 12.1 Å². The molecule has 1 unspecified atom stereocenters. The van der Waals surface area contributed by atoms with Crippen molar-refractivity contribution in [2.75, 3.05) is 5.32 Å². The molecule has 0 aliphatic carbocycles. The fourth-order valence-electron chi connectivity index (χ4n) is 1.20. The van der Waals surface area contributed by atoms with E-state index in [9.17, 15) is 4.79 Å². The van der Waals surface area contributed by atoms with Crippen LogP contribution >= 0.6 is 0 Å². The van der Waals surface area contributed by atoms with E-state index in [2.05, 4.69) is 15.5 Å². The van der Waals surface area contributed by atoms with Gasteiger partial charge in [0.15, 0.2) is 0 Å². The number of para-hydroxylation sites is 1. The zero-order chi connectivity index (χ0) is 10.2. The molecular formula is C9H9N3O2. The van der Waals surface area contributed by atoms with Gasteiger partial charge < -0.3 is 10.4 Å². The number of anilines is 1. The fraction of sp³-hybridized carbons (Fsp3) is 0.222. The normalized spacial score (nSPS) is 23.8. The Morgan fingerprint density at radius 3 is 2.93 bits per heavy atom. The summed E-state index contributed by atoms with van der Waals surface area (Å²) in [6.07, 6.45) is 0.